The van der Waals surface area contributed by atoms with Crippen LogP contribution in [0, 0.1) is 0 Å². The number of hydrogen-bond acceptors (Lipinski definition) is 4. The standard InChI is InChI=1S/C10H13ClN2O4S2/c1-18(15)5-4-13-10(14)8-6-7(19(12,16)17)2-3-9(8)11/h2-3,6H,4-5H2,1H3,(H,13,14)(H2,12,16,17). The van der Waals surface area contributed by atoms with E-state index in [9.17, 15) is 17.4 Å². The number of nitrogens with two attached hydrogens (primary N) is 1. The van der Waals surface area contributed by atoms with E-state index in [1.807, 2.05) is 0 Å². The van der Waals surface area contributed by atoms with Crippen LogP contribution in [-0.2, 0) is 20.8 Å². The van der Waals surface area contributed by atoms with Crippen LogP contribution in [0.3, 0.4) is 0 Å². The van der Waals surface area contributed by atoms with Gasteiger partial charge in [0.25, 0.3) is 5.91 Å². The predicted octanol–water partition coefficient (Wildman–Crippen LogP) is 0.0957. The molecule has 0 aliphatic carbocycles. The molecule has 1 rings (SSSR count). The lowest BCUT2D eigenvalue weighted by molar-refractivity contribution is 0.0956. The maximum atomic E-state index is 11.8. The highest BCUT2D eigenvalue weighted by Gasteiger charge is 2.15. The van der Waals surface area contributed by atoms with Crippen molar-refractivity contribution in [3.8, 4) is 0 Å². The SMILES string of the molecule is CS(=O)CCNC(=O)c1cc(S(N)(=O)=O)ccc1Cl. The van der Waals surface area contributed by atoms with Crippen molar-refractivity contribution >= 4 is 38.3 Å². The minimum Gasteiger partial charge on any atom is -0.351 e. The maximum absolute atomic E-state index is 11.8. The number of carbonyl (C=O) groups is 1. The first-order valence-electron chi connectivity index (χ1n) is 5.12. The average molecular weight is 325 g/mol. The molecule has 0 heterocycles. The summed E-state index contributed by atoms with van der Waals surface area (Å²) >= 11 is 5.83. The van der Waals surface area contributed by atoms with Crippen LogP contribution < -0.4 is 10.5 Å². The van der Waals surface area contributed by atoms with Crippen molar-refractivity contribution in [1.82, 2.24) is 5.32 Å². The maximum Gasteiger partial charge on any atom is 0.252 e. The minimum absolute atomic E-state index is 0.00933. The van der Waals surface area contributed by atoms with Crippen molar-refractivity contribution in [2.45, 2.75) is 4.90 Å². The van der Waals surface area contributed by atoms with Gasteiger partial charge in [-0.2, -0.15) is 0 Å². The first-order valence-corrected chi connectivity index (χ1v) is 8.77. The normalized spacial score (nSPS) is 13.0. The van der Waals surface area contributed by atoms with Crippen molar-refractivity contribution < 1.29 is 17.4 Å². The minimum atomic E-state index is -3.90. The molecule has 3 N–H and O–H groups in total. The summed E-state index contributed by atoms with van der Waals surface area (Å²) in [5, 5.41) is 7.58. The number of benzene rings is 1. The van der Waals surface area contributed by atoms with Crippen molar-refractivity contribution in [3.05, 3.63) is 28.8 Å². The number of primary sulfonamides is 1. The summed E-state index contributed by atoms with van der Waals surface area (Å²) in [5.74, 6) is -0.237. The number of halogens is 1. The molecule has 0 saturated heterocycles. The van der Waals surface area contributed by atoms with Crippen molar-refractivity contribution in [1.29, 1.82) is 0 Å². The van der Waals surface area contributed by atoms with Crippen LogP contribution in [0.25, 0.3) is 0 Å². The molecule has 0 radical (unpaired) electrons. The molecule has 19 heavy (non-hydrogen) atoms. The summed E-state index contributed by atoms with van der Waals surface area (Å²) in [6.07, 6.45) is 1.51. The van der Waals surface area contributed by atoms with E-state index in [1.165, 1.54) is 18.4 Å². The van der Waals surface area contributed by atoms with Crippen molar-refractivity contribution in [2.24, 2.45) is 5.14 Å². The zero-order valence-electron chi connectivity index (χ0n) is 10.1. The first kappa shape index (κ1) is 16.1. The number of sulfonamides is 1. The van der Waals surface area contributed by atoms with Crippen molar-refractivity contribution in [3.63, 3.8) is 0 Å². The molecule has 0 aromatic heterocycles. The van der Waals surface area contributed by atoms with Crippen LogP contribution in [0.5, 0.6) is 0 Å². The topological polar surface area (TPSA) is 106 Å². The Labute approximate surface area is 118 Å². The van der Waals surface area contributed by atoms with E-state index in [-0.39, 0.29) is 22.0 Å². The van der Waals surface area contributed by atoms with Crippen LogP contribution in [0.4, 0.5) is 0 Å². The van der Waals surface area contributed by atoms with Gasteiger partial charge in [0.1, 0.15) is 0 Å². The highest BCUT2D eigenvalue weighted by molar-refractivity contribution is 7.89. The van der Waals surface area contributed by atoms with Crippen LogP contribution in [0.15, 0.2) is 23.1 Å². The summed E-state index contributed by atoms with van der Waals surface area (Å²) in [7, 11) is -4.92. The van der Waals surface area contributed by atoms with Crippen LogP contribution in [0.2, 0.25) is 5.02 Å². The molecule has 1 atom stereocenters. The molecule has 1 aromatic rings. The molecular weight excluding hydrogens is 312 g/mol. The Morgan fingerprint density at radius 2 is 2.11 bits per heavy atom. The highest BCUT2D eigenvalue weighted by Crippen LogP contribution is 2.19. The molecule has 0 aliphatic rings. The number of amides is 1. The molecule has 1 amide bonds. The molecule has 0 bridgehead atoms. The monoisotopic (exact) mass is 324 g/mol. The Morgan fingerprint density at radius 3 is 2.63 bits per heavy atom. The van der Waals surface area contributed by atoms with E-state index >= 15 is 0 Å². The van der Waals surface area contributed by atoms with Gasteiger partial charge in [0.2, 0.25) is 10.0 Å². The summed E-state index contributed by atoms with van der Waals surface area (Å²) in [6.45, 7) is 0.206. The summed E-state index contributed by atoms with van der Waals surface area (Å²) in [5.41, 5.74) is 0.00933. The lowest BCUT2D eigenvalue weighted by atomic mass is 10.2. The Hall–Kier alpha value is -0.960. The molecule has 0 spiro atoms. The molecule has 106 valence electrons. The molecule has 6 nitrogen and oxygen atoms in total. The van der Waals surface area contributed by atoms with Gasteiger partial charge in [0.15, 0.2) is 0 Å². The second-order valence-corrected chi connectivity index (χ2v) is 7.24. The summed E-state index contributed by atoms with van der Waals surface area (Å²) < 4.78 is 33.2. The summed E-state index contributed by atoms with van der Waals surface area (Å²) in [4.78, 5) is 11.6. The van der Waals surface area contributed by atoms with Gasteiger partial charge < -0.3 is 5.32 Å². The van der Waals surface area contributed by atoms with E-state index in [4.69, 9.17) is 16.7 Å². The Kier molecular flexibility index (Phi) is 5.48. The van der Waals surface area contributed by atoms with Gasteiger partial charge in [-0.1, -0.05) is 11.6 Å². The number of rotatable bonds is 5. The van der Waals surface area contributed by atoms with Gasteiger partial charge >= 0.3 is 0 Å². The van der Waals surface area contributed by atoms with E-state index in [0.717, 1.165) is 6.07 Å². The molecule has 0 aliphatic heterocycles. The zero-order valence-corrected chi connectivity index (χ0v) is 12.4. The Morgan fingerprint density at radius 1 is 1.47 bits per heavy atom. The Balaban J connectivity index is 2.93. The van der Waals surface area contributed by atoms with E-state index in [1.54, 1.807) is 0 Å². The number of hydrogen-bond donors (Lipinski definition) is 2. The van der Waals surface area contributed by atoms with Gasteiger partial charge in [0.05, 0.1) is 15.5 Å². The first-order chi connectivity index (χ1) is 8.71. The fraction of sp³-hybridized carbons (Fsp3) is 0.300. The smallest absolute Gasteiger partial charge is 0.252 e. The van der Waals surface area contributed by atoms with E-state index < -0.39 is 26.7 Å². The Bertz CT molecular complexity index is 616. The van der Waals surface area contributed by atoms with E-state index in [0.29, 0.717) is 5.75 Å². The fourth-order valence-corrected chi connectivity index (χ4v) is 2.39. The molecular formula is C10H13ClN2O4S2. The van der Waals surface area contributed by atoms with Gasteiger partial charge in [-0.25, -0.2) is 13.6 Å². The third kappa shape index (κ3) is 4.90. The molecule has 1 unspecified atom stereocenters. The lowest BCUT2D eigenvalue weighted by Gasteiger charge is -2.07. The largest absolute Gasteiger partial charge is 0.351 e. The highest BCUT2D eigenvalue weighted by atomic mass is 35.5. The van der Waals surface area contributed by atoms with Gasteiger partial charge in [-0.05, 0) is 18.2 Å². The van der Waals surface area contributed by atoms with E-state index in [2.05, 4.69) is 5.32 Å². The third-order valence-electron chi connectivity index (χ3n) is 2.19. The van der Waals surface area contributed by atoms with Crippen molar-refractivity contribution in [2.75, 3.05) is 18.6 Å². The molecule has 0 saturated carbocycles. The lowest BCUT2D eigenvalue weighted by Crippen LogP contribution is -2.28. The second-order valence-electron chi connectivity index (χ2n) is 3.72. The van der Waals surface area contributed by atoms with Crippen LogP contribution >= 0.6 is 11.6 Å². The van der Waals surface area contributed by atoms with Gasteiger partial charge in [0, 0.05) is 29.4 Å². The fourth-order valence-electron chi connectivity index (χ4n) is 1.26. The second kappa shape index (κ2) is 6.47. The van der Waals surface area contributed by atoms with Gasteiger partial charge in [-0.15, -0.1) is 0 Å². The van der Waals surface area contributed by atoms with Gasteiger partial charge in [-0.3, -0.25) is 9.00 Å². The summed E-state index contributed by atoms with van der Waals surface area (Å²) in [6, 6.07) is 3.61. The predicted molar refractivity (Wildman–Crippen MR) is 74.1 cm³/mol. The van der Waals surface area contributed by atoms with Crippen LogP contribution in [0.1, 0.15) is 10.4 Å². The third-order valence-corrected chi connectivity index (χ3v) is 4.21. The average Bonchev–Trinajstić information content (AvgIpc) is 2.27. The molecule has 0 fully saturated rings. The zero-order chi connectivity index (χ0) is 14.6. The quantitative estimate of drug-likeness (QED) is 0.800. The number of nitrogens with one attached hydrogen (secondary N) is 1. The van der Waals surface area contributed by atoms with Crippen LogP contribution in [-0.4, -0.2) is 37.1 Å². The molecule has 1 aromatic carbocycles. The number of carbonyl (C=O) groups excluding carboxylic acids is 1. The molecule has 9 heteroatoms.